The maximum Gasteiger partial charge on any atom is 0.307 e. The number of carboxylic acids is 1. The summed E-state index contributed by atoms with van der Waals surface area (Å²) in [7, 11) is 0. The van der Waals surface area contributed by atoms with E-state index in [1.54, 1.807) is 0 Å². The molecule has 5 heteroatoms. The number of carbonyl (C=O) groups excluding carboxylic acids is 1. The fourth-order valence-electron chi connectivity index (χ4n) is 4.65. The number of rotatable bonds is 3. The molecule has 2 aliphatic heterocycles. The van der Waals surface area contributed by atoms with Crippen molar-refractivity contribution in [1.82, 2.24) is 4.90 Å². The second-order valence-corrected chi connectivity index (χ2v) is 7.87. The van der Waals surface area contributed by atoms with E-state index in [-0.39, 0.29) is 17.9 Å². The number of nitrogens with zero attached hydrogens (tertiary/aromatic N) is 2. The van der Waals surface area contributed by atoms with Gasteiger partial charge in [0, 0.05) is 25.3 Å². The first-order valence-electron chi connectivity index (χ1n) is 9.14. The van der Waals surface area contributed by atoms with Crippen LogP contribution in [0.1, 0.15) is 36.5 Å². The SMILES string of the molecule is Cc1cc(C)c(N2CCC(N3CC(C)CC(C(=O)O)C3)C2=O)c(C)c1. The van der Waals surface area contributed by atoms with Crippen LogP contribution >= 0.6 is 0 Å². The van der Waals surface area contributed by atoms with Crippen LogP contribution in [0.15, 0.2) is 12.1 Å². The number of hydrogen-bond acceptors (Lipinski definition) is 3. The molecule has 5 nitrogen and oxygen atoms in total. The monoisotopic (exact) mass is 344 g/mol. The smallest absolute Gasteiger partial charge is 0.307 e. The molecule has 1 aromatic carbocycles. The van der Waals surface area contributed by atoms with Crippen LogP contribution in [0, 0.1) is 32.6 Å². The van der Waals surface area contributed by atoms with Gasteiger partial charge in [0.15, 0.2) is 0 Å². The van der Waals surface area contributed by atoms with E-state index in [4.69, 9.17) is 0 Å². The first kappa shape index (κ1) is 17.9. The van der Waals surface area contributed by atoms with Crippen LogP contribution in [0.25, 0.3) is 0 Å². The summed E-state index contributed by atoms with van der Waals surface area (Å²) >= 11 is 0. The summed E-state index contributed by atoms with van der Waals surface area (Å²) < 4.78 is 0. The predicted molar refractivity (Wildman–Crippen MR) is 97.9 cm³/mol. The molecular weight excluding hydrogens is 316 g/mol. The van der Waals surface area contributed by atoms with Crippen LogP contribution in [-0.4, -0.2) is 47.6 Å². The van der Waals surface area contributed by atoms with Gasteiger partial charge in [-0.15, -0.1) is 0 Å². The third-order valence-corrected chi connectivity index (χ3v) is 5.56. The fraction of sp³-hybridized carbons (Fsp3) is 0.600. The average molecular weight is 344 g/mol. The van der Waals surface area contributed by atoms with Gasteiger partial charge in [0.1, 0.15) is 0 Å². The normalized spacial score (nSPS) is 27.8. The number of hydrogen-bond donors (Lipinski definition) is 1. The lowest BCUT2D eigenvalue weighted by molar-refractivity contribution is -0.145. The number of benzene rings is 1. The van der Waals surface area contributed by atoms with Gasteiger partial charge in [0.05, 0.1) is 12.0 Å². The van der Waals surface area contributed by atoms with E-state index in [0.717, 1.165) is 29.8 Å². The van der Waals surface area contributed by atoms with Gasteiger partial charge in [-0.25, -0.2) is 0 Å². The molecule has 0 bridgehead atoms. The van der Waals surface area contributed by atoms with Gasteiger partial charge in [-0.2, -0.15) is 0 Å². The predicted octanol–water partition coefficient (Wildman–Crippen LogP) is 2.76. The topological polar surface area (TPSA) is 60.9 Å². The molecule has 1 aromatic rings. The van der Waals surface area contributed by atoms with Crippen molar-refractivity contribution in [2.24, 2.45) is 11.8 Å². The first-order chi connectivity index (χ1) is 11.8. The van der Waals surface area contributed by atoms with E-state index in [2.05, 4.69) is 44.7 Å². The van der Waals surface area contributed by atoms with Crippen LogP contribution in [0.3, 0.4) is 0 Å². The van der Waals surface area contributed by atoms with Crippen LogP contribution in [-0.2, 0) is 9.59 Å². The van der Waals surface area contributed by atoms with Crippen molar-refractivity contribution in [3.05, 3.63) is 28.8 Å². The molecule has 2 heterocycles. The van der Waals surface area contributed by atoms with Crippen LogP contribution in [0.4, 0.5) is 5.69 Å². The highest BCUT2D eigenvalue weighted by Crippen LogP contribution is 2.33. The molecule has 0 aliphatic carbocycles. The van der Waals surface area contributed by atoms with E-state index in [9.17, 15) is 14.7 Å². The Kier molecular flexibility index (Phi) is 4.87. The summed E-state index contributed by atoms with van der Waals surface area (Å²) in [4.78, 5) is 28.6. The van der Waals surface area contributed by atoms with E-state index in [1.165, 1.54) is 5.56 Å². The van der Waals surface area contributed by atoms with Crippen molar-refractivity contribution in [3.8, 4) is 0 Å². The minimum atomic E-state index is -0.746. The highest BCUT2D eigenvalue weighted by atomic mass is 16.4. The van der Waals surface area contributed by atoms with Crippen molar-refractivity contribution >= 4 is 17.6 Å². The zero-order valence-electron chi connectivity index (χ0n) is 15.6. The summed E-state index contributed by atoms with van der Waals surface area (Å²) in [5.74, 6) is -0.689. The van der Waals surface area contributed by atoms with Crippen molar-refractivity contribution in [1.29, 1.82) is 0 Å². The molecule has 3 unspecified atom stereocenters. The Hall–Kier alpha value is -1.88. The van der Waals surface area contributed by atoms with E-state index in [0.29, 0.717) is 25.4 Å². The molecule has 2 aliphatic rings. The van der Waals surface area contributed by atoms with Crippen molar-refractivity contribution in [2.75, 3.05) is 24.5 Å². The Labute approximate surface area is 149 Å². The molecule has 0 spiro atoms. The number of amides is 1. The molecule has 3 atom stereocenters. The number of aryl methyl sites for hydroxylation is 3. The van der Waals surface area contributed by atoms with Crippen LogP contribution in [0.2, 0.25) is 0 Å². The first-order valence-corrected chi connectivity index (χ1v) is 9.14. The Balaban J connectivity index is 1.81. The maximum atomic E-state index is 13.1. The van der Waals surface area contributed by atoms with Gasteiger partial charge in [-0.1, -0.05) is 24.6 Å². The fourth-order valence-corrected chi connectivity index (χ4v) is 4.65. The largest absolute Gasteiger partial charge is 0.481 e. The van der Waals surface area contributed by atoms with Crippen LogP contribution < -0.4 is 4.90 Å². The standard InChI is InChI=1S/C20H28N2O3/c1-12-7-14(3)18(15(4)8-12)22-6-5-17(19(22)23)21-10-13(2)9-16(11-21)20(24)25/h7-8,13,16-17H,5-6,9-11H2,1-4H3,(H,24,25). The third kappa shape index (κ3) is 3.43. The minimum absolute atomic E-state index is 0.119. The Morgan fingerprint density at radius 3 is 2.40 bits per heavy atom. The minimum Gasteiger partial charge on any atom is -0.481 e. The molecule has 1 amide bonds. The second kappa shape index (κ2) is 6.79. The molecule has 0 radical (unpaired) electrons. The zero-order chi connectivity index (χ0) is 18.3. The molecule has 0 aromatic heterocycles. The molecule has 0 saturated carbocycles. The van der Waals surface area contributed by atoms with Crippen LogP contribution in [0.5, 0.6) is 0 Å². The zero-order valence-corrected chi connectivity index (χ0v) is 15.6. The van der Waals surface area contributed by atoms with Crippen molar-refractivity contribution < 1.29 is 14.7 Å². The summed E-state index contributed by atoms with van der Waals surface area (Å²) in [5.41, 5.74) is 4.48. The maximum absolute atomic E-state index is 13.1. The summed E-state index contributed by atoms with van der Waals surface area (Å²) in [6, 6.07) is 4.04. The summed E-state index contributed by atoms with van der Waals surface area (Å²) in [6.07, 6.45) is 1.47. The van der Waals surface area contributed by atoms with Gasteiger partial charge in [-0.3, -0.25) is 14.5 Å². The van der Waals surface area contributed by atoms with Gasteiger partial charge in [-0.05, 0) is 50.7 Å². The van der Waals surface area contributed by atoms with E-state index >= 15 is 0 Å². The van der Waals surface area contributed by atoms with Gasteiger partial charge >= 0.3 is 5.97 Å². The number of anilines is 1. The molecule has 2 fully saturated rings. The number of likely N-dealkylation sites (tertiary alicyclic amines) is 1. The third-order valence-electron chi connectivity index (χ3n) is 5.56. The second-order valence-electron chi connectivity index (χ2n) is 7.87. The molecule has 2 saturated heterocycles. The summed E-state index contributed by atoms with van der Waals surface area (Å²) in [5, 5.41) is 9.39. The summed E-state index contributed by atoms with van der Waals surface area (Å²) in [6.45, 7) is 10.2. The molecule has 1 N–H and O–H groups in total. The Morgan fingerprint density at radius 1 is 1.16 bits per heavy atom. The molecule has 136 valence electrons. The van der Waals surface area contributed by atoms with Gasteiger partial charge in [0.2, 0.25) is 5.91 Å². The molecular formula is C20H28N2O3. The lowest BCUT2D eigenvalue weighted by atomic mass is 9.89. The van der Waals surface area contributed by atoms with E-state index < -0.39 is 5.97 Å². The van der Waals surface area contributed by atoms with Crippen molar-refractivity contribution in [2.45, 2.75) is 46.6 Å². The number of piperidine rings is 1. The average Bonchev–Trinajstić information content (AvgIpc) is 2.87. The lowest BCUT2D eigenvalue weighted by Gasteiger charge is -2.37. The van der Waals surface area contributed by atoms with Crippen molar-refractivity contribution in [3.63, 3.8) is 0 Å². The van der Waals surface area contributed by atoms with E-state index in [1.807, 2.05) is 4.90 Å². The lowest BCUT2D eigenvalue weighted by Crippen LogP contribution is -2.50. The van der Waals surface area contributed by atoms with Gasteiger partial charge in [0.25, 0.3) is 0 Å². The quantitative estimate of drug-likeness (QED) is 0.916. The molecule has 25 heavy (non-hydrogen) atoms. The highest BCUT2D eigenvalue weighted by molar-refractivity contribution is 6.00. The molecule has 3 rings (SSSR count). The Morgan fingerprint density at radius 2 is 1.80 bits per heavy atom. The Bertz CT molecular complexity index is 677. The highest BCUT2D eigenvalue weighted by Gasteiger charge is 2.41. The van der Waals surface area contributed by atoms with Gasteiger partial charge < -0.3 is 10.0 Å². The number of carboxylic acid groups (broad SMARTS) is 1. The number of aliphatic carboxylic acids is 1. The number of carbonyl (C=O) groups is 2.